The van der Waals surface area contributed by atoms with Crippen molar-refractivity contribution < 1.29 is 0 Å². The lowest BCUT2D eigenvalue weighted by Gasteiger charge is -2.16. The van der Waals surface area contributed by atoms with E-state index in [-0.39, 0.29) is 0 Å². The molecule has 0 saturated heterocycles. The number of thioether (sulfide) groups is 1. The van der Waals surface area contributed by atoms with Crippen LogP contribution in [0.25, 0.3) is 0 Å². The molecule has 16 heavy (non-hydrogen) atoms. The monoisotopic (exact) mass is 235 g/mol. The number of nitrogens with one attached hydrogen (secondary N) is 1. The zero-order chi connectivity index (χ0) is 11.4. The molecule has 1 nitrogen and oxygen atoms in total. The van der Waals surface area contributed by atoms with Crippen molar-refractivity contribution in [1.82, 2.24) is 0 Å². The predicted octanol–water partition coefficient (Wildman–Crippen LogP) is 4.54. The minimum Gasteiger partial charge on any atom is -0.382 e. The van der Waals surface area contributed by atoms with Gasteiger partial charge in [0.1, 0.15) is 0 Å². The second-order valence-electron chi connectivity index (χ2n) is 4.82. The maximum atomic E-state index is 3.53. The lowest BCUT2D eigenvalue weighted by Crippen LogP contribution is -2.10. The molecule has 0 amide bonds. The highest BCUT2D eigenvalue weighted by atomic mass is 32.2. The molecule has 0 spiro atoms. The highest BCUT2D eigenvalue weighted by Gasteiger charge is 2.17. The minimum absolute atomic E-state index is 0.505. The Labute approximate surface area is 103 Å². The molecule has 0 aromatic heterocycles. The Balaban J connectivity index is 2.06. The maximum Gasteiger partial charge on any atom is 0.0480 e. The largest absolute Gasteiger partial charge is 0.382 e. The van der Waals surface area contributed by atoms with Gasteiger partial charge in [0.15, 0.2) is 0 Å². The summed E-state index contributed by atoms with van der Waals surface area (Å²) < 4.78 is 0. The van der Waals surface area contributed by atoms with Gasteiger partial charge in [0.2, 0.25) is 0 Å². The van der Waals surface area contributed by atoms with Crippen molar-refractivity contribution in [2.45, 2.75) is 55.7 Å². The first kappa shape index (κ1) is 11.8. The van der Waals surface area contributed by atoms with E-state index in [1.165, 1.54) is 36.3 Å². The number of hydrogen-bond donors (Lipinski definition) is 1. The number of rotatable bonds is 4. The Bertz CT molecular complexity index is 329. The molecule has 0 atom stereocenters. The third kappa shape index (κ3) is 3.18. The number of anilines is 1. The minimum atomic E-state index is 0.505. The van der Waals surface area contributed by atoms with Crippen molar-refractivity contribution in [2.24, 2.45) is 0 Å². The van der Waals surface area contributed by atoms with Gasteiger partial charge < -0.3 is 5.32 Å². The van der Waals surface area contributed by atoms with Gasteiger partial charge >= 0.3 is 0 Å². The van der Waals surface area contributed by atoms with E-state index < -0.39 is 0 Å². The van der Waals surface area contributed by atoms with Crippen LogP contribution in [0.2, 0.25) is 0 Å². The molecular formula is C14H21NS. The van der Waals surface area contributed by atoms with E-state index in [2.05, 4.69) is 55.2 Å². The molecule has 1 N–H and O–H groups in total. The summed E-state index contributed by atoms with van der Waals surface area (Å²) in [5, 5.41) is 4.37. The molecule has 1 aliphatic carbocycles. The lowest BCUT2D eigenvalue weighted by atomic mass is 10.3. The van der Waals surface area contributed by atoms with E-state index in [9.17, 15) is 0 Å². The lowest BCUT2D eigenvalue weighted by molar-refractivity contribution is 0.886. The first-order chi connectivity index (χ1) is 7.75. The molecular weight excluding hydrogens is 214 g/mol. The Morgan fingerprint density at radius 2 is 1.88 bits per heavy atom. The molecule has 0 radical (unpaired) electrons. The topological polar surface area (TPSA) is 12.0 Å². The Morgan fingerprint density at radius 1 is 1.19 bits per heavy atom. The maximum absolute atomic E-state index is 3.53. The Morgan fingerprint density at radius 3 is 2.56 bits per heavy atom. The smallest absolute Gasteiger partial charge is 0.0480 e. The van der Waals surface area contributed by atoms with Crippen LogP contribution < -0.4 is 5.32 Å². The molecule has 88 valence electrons. The zero-order valence-corrected chi connectivity index (χ0v) is 11.0. The molecule has 0 bridgehead atoms. The van der Waals surface area contributed by atoms with Gasteiger partial charge in [0.05, 0.1) is 0 Å². The fraction of sp³-hybridized carbons (Fsp3) is 0.571. The molecule has 1 aromatic rings. The van der Waals surface area contributed by atoms with Crippen LogP contribution in [0, 0.1) is 0 Å². The first-order valence-electron chi connectivity index (χ1n) is 6.28. The van der Waals surface area contributed by atoms with Gasteiger partial charge in [0, 0.05) is 21.9 Å². The van der Waals surface area contributed by atoms with Crippen molar-refractivity contribution >= 4 is 17.4 Å². The van der Waals surface area contributed by atoms with Crippen LogP contribution in [0.5, 0.6) is 0 Å². The van der Waals surface area contributed by atoms with Crippen molar-refractivity contribution in [1.29, 1.82) is 0 Å². The van der Waals surface area contributed by atoms with Gasteiger partial charge in [-0.15, -0.1) is 11.8 Å². The second kappa shape index (κ2) is 5.62. The van der Waals surface area contributed by atoms with Crippen molar-refractivity contribution in [2.75, 3.05) is 5.32 Å². The summed E-state index contributed by atoms with van der Waals surface area (Å²) in [5.74, 6) is 0. The average Bonchev–Trinajstić information content (AvgIpc) is 2.73. The SMILES string of the molecule is CC(C)Nc1ccccc1SC1CCCC1. The van der Waals surface area contributed by atoms with E-state index in [4.69, 9.17) is 0 Å². The summed E-state index contributed by atoms with van der Waals surface area (Å²) in [6.45, 7) is 4.38. The first-order valence-corrected chi connectivity index (χ1v) is 7.16. The molecule has 1 aromatic carbocycles. The van der Waals surface area contributed by atoms with E-state index in [0.717, 1.165) is 5.25 Å². The molecule has 2 heteroatoms. The zero-order valence-electron chi connectivity index (χ0n) is 10.2. The van der Waals surface area contributed by atoms with Crippen LogP contribution in [-0.4, -0.2) is 11.3 Å². The Kier molecular flexibility index (Phi) is 4.16. The van der Waals surface area contributed by atoms with Crippen LogP contribution in [-0.2, 0) is 0 Å². The van der Waals surface area contributed by atoms with Crippen molar-refractivity contribution in [3.63, 3.8) is 0 Å². The fourth-order valence-electron chi connectivity index (χ4n) is 2.19. The standard InChI is InChI=1S/C14H21NS/c1-11(2)15-13-9-5-6-10-14(13)16-12-7-3-4-8-12/h5-6,9-12,15H,3-4,7-8H2,1-2H3. The third-order valence-corrected chi connectivity index (χ3v) is 4.34. The van der Waals surface area contributed by atoms with Gasteiger partial charge in [-0.1, -0.05) is 25.0 Å². The van der Waals surface area contributed by atoms with E-state index >= 15 is 0 Å². The normalized spacial score (nSPS) is 16.9. The molecule has 0 unspecified atom stereocenters. The molecule has 2 rings (SSSR count). The highest BCUT2D eigenvalue weighted by molar-refractivity contribution is 8.00. The van der Waals surface area contributed by atoms with Crippen LogP contribution in [0.3, 0.4) is 0 Å². The number of benzene rings is 1. The van der Waals surface area contributed by atoms with Crippen molar-refractivity contribution in [3.8, 4) is 0 Å². The van der Waals surface area contributed by atoms with Gasteiger partial charge in [-0.25, -0.2) is 0 Å². The van der Waals surface area contributed by atoms with Crippen LogP contribution in [0.1, 0.15) is 39.5 Å². The quantitative estimate of drug-likeness (QED) is 0.822. The summed E-state index contributed by atoms with van der Waals surface area (Å²) in [6.07, 6.45) is 5.61. The summed E-state index contributed by atoms with van der Waals surface area (Å²) in [6, 6.07) is 9.20. The van der Waals surface area contributed by atoms with Gasteiger partial charge in [-0.2, -0.15) is 0 Å². The van der Waals surface area contributed by atoms with Crippen LogP contribution in [0.4, 0.5) is 5.69 Å². The van der Waals surface area contributed by atoms with Gasteiger partial charge in [-0.3, -0.25) is 0 Å². The number of para-hydroxylation sites is 1. The summed E-state index contributed by atoms with van der Waals surface area (Å²) in [7, 11) is 0. The van der Waals surface area contributed by atoms with E-state index in [1.807, 2.05) is 0 Å². The molecule has 1 saturated carbocycles. The Hall–Kier alpha value is -0.630. The summed E-state index contributed by atoms with van der Waals surface area (Å²) in [4.78, 5) is 1.42. The summed E-state index contributed by atoms with van der Waals surface area (Å²) in [5.41, 5.74) is 1.30. The highest BCUT2D eigenvalue weighted by Crippen LogP contribution is 2.38. The molecule has 1 fully saturated rings. The van der Waals surface area contributed by atoms with Crippen LogP contribution in [0.15, 0.2) is 29.2 Å². The van der Waals surface area contributed by atoms with Gasteiger partial charge in [-0.05, 0) is 38.8 Å². The predicted molar refractivity (Wildman–Crippen MR) is 73.3 cm³/mol. The molecule has 0 heterocycles. The fourth-order valence-corrected chi connectivity index (χ4v) is 3.52. The number of hydrogen-bond acceptors (Lipinski definition) is 2. The van der Waals surface area contributed by atoms with Crippen molar-refractivity contribution in [3.05, 3.63) is 24.3 Å². The summed E-state index contributed by atoms with van der Waals surface area (Å²) >= 11 is 2.06. The van der Waals surface area contributed by atoms with Gasteiger partial charge in [0.25, 0.3) is 0 Å². The second-order valence-corrected chi connectivity index (χ2v) is 6.16. The van der Waals surface area contributed by atoms with E-state index in [1.54, 1.807) is 0 Å². The molecule has 0 aliphatic heterocycles. The van der Waals surface area contributed by atoms with Crippen LogP contribution >= 0.6 is 11.8 Å². The average molecular weight is 235 g/mol. The molecule has 1 aliphatic rings. The van der Waals surface area contributed by atoms with E-state index in [0.29, 0.717) is 6.04 Å². The third-order valence-electron chi connectivity index (χ3n) is 2.93.